The summed E-state index contributed by atoms with van der Waals surface area (Å²) in [6.07, 6.45) is 1.74. The molecule has 0 bridgehead atoms. The molecule has 2 rings (SSSR count). The molecule has 6 heteroatoms. The van der Waals surface area contributed by atoms with E-state index in [9.17, 15) is 0 Å². The maximum Gasteiger partial charge on any atom is 0.141 e. The van der Waals surface area contributed by atoms with Crippen molar-refractivity contribution in [3.05, 3.63) is 29.6 Å². The summed E-state index contributed by atoms with van der Waals surface area (Å²) in [6.45, 7) is 7.59. The van der Waals surface area contributed by atoms with Gasteiger partial charge in [0.1, 0.15) is 11.5 Å². The van der Waals surface area contributed by atoms with Gasteiger partial charge in [-0.05, 0) is 31.8 Å². The monoisotopic (exact) mass is 290 g/mol. The van der Waals surface area contributed by atoms with Gasteiger partial charge >= 0.3 is 0 Å². The standard InChI is InChI=1S/C15H26N6/c1-19(2)5-6-20-7-9-21(10-8-20)12-13-3-4-18-14(11-13)15(16)17/h3-4,11H,5-10,12H2,1-2H3,(H3,16,17). The van der Waals surface area contributed by atoms with Gasteiger partial charge in [-0.25, -0.2) is 0 Å². The van der Waals surface area contributed by atoms with Crippen molar-refractivity contribution < 1.29 is 0 Å². The van der Waals surface area contributed by atoms with Crippen molar-refractivity contribution in [2.75, 3.05) is 53.4 Å². The van der Waals surface area contributed by atoms with Gasteiger partial charge in [0.05, 0.1) is 0 Å². The van der Waals surface area contributed by atoms with E-state index in [-0.39, 0.29) is 5.84 Å². The number of nitrogens with zero attached hydrogens (tertiary/aromatic N) is 4. The highest BCUT2D eigenvalue weighted by Gasteiger charge is 2.17. The molecule has 0 aromatic carbocycles. The van der Waals surface area contributed by atoms with Crippen LogP contribution < -0.4 is 5.73 Å². The van der Waals surface area contributed by atoms with Crippen molar-refractivity contribution in [2.45, 2.75) is 6.54 Å². The molecular formula is C15H26N6. The third-order valence-corrected chi connectivity index (χ3v) is 3.83. The molecule has 6 nitrogen and oxygen atoms in total. The fourth-order valence-electron chi connectivity index (χ4n) is 2.49. The van der Waals surface area contributed by atoms with Crippen molar-refractivity contribution in [3.63, 3.8) is 0 Å². The predicted molar refractivity (Wildman–Crippen MR) is 85.5 cm³/mol. The molecule has 1 saturated heterocycles. The van der Waals surface area contributed by atoms with E-state index in [1.807, 2.05) is 12.1 Å². The molecule has 1 aliphatic heterocycles. The Hall–Kier alpha value is -1.50. The van der Waals surface area contributed by atoms with Crippen LogP contribution in [-0.4, -0.2) is 78.9 Å². The molecule has 1 fully saturated rings. The van der Waals surface area contributed by atoms with Gasteiger partial charge in [0.15, 0.2) is 0 Å². The first-order chi connectivity index (χ1) is 10.0. The normalized spacial score (nSPS) is 17.3. The zero-order chi connectivity index (χ0) is 15.2. The number of pyridine rings is 1. The van der Waals surface area contributed by atoms with E-state index >= 15 is 0 Å². The number of likely N-dealkylation sites (N-methyl/N-ethyl adjacent to an activating group) is 1. The highest BCUT2D eigenvalue weighted by atomic mass is 15.3. The van der Waals surface area contributed by atoms with Crippen molar-refractivity contribution >= 4 is 5.84 Å². The largest absolute Gasteiger partial charge is 0.382 e. The number of rotatable bonds is 6. The molecular weight excluding hydrogens is 264 g/mol. The number of nitrogens with two attached hydrogens (primary N) is 1. The predicted octanol–water partition coefficient (Wildman–Crippen LogP) is 0.0449. The van der Waals surface area contributed by atoms with Gasteiger partial charge in [-0.1, -0.05) is 0 Å². The van der Waals surface area contributed by atoms with Crippen molar-refractivity contribution in [3.8, 4) is 0 Å². The number of amidine groups is 1. The molecule has 116 valence electrons. The Morgan fingerprint density at radius 2 is 1.95 bits per heavy atom. The number of nitrogen functional groups attached to an aromatic ring is 1. The molecule has 3 N–H and O–H groups in total. The van der Waals surface area contributed by atoms with E-state index in [4.69, 9.17) is 11.1 Å². The molecule has 2 heterocycles. The van der Waals surface area contributed by atoms with E-state index in [2.05, 4.69) is 33.8 Å². The van der Waals surface area contributed by atoms with Gasteiger partial charge < -0.3 is 10.6 Å². The molecule has 0 atom stereocenters. The Bertz CT molecular complexity index is 465. The van der Waals surface area contributed by atoms with Crippen LogP contribution in [0.3, 0.4) is 0 Å². The highest BCUT2D eigenvalue weighted by Crippen LogP contribution is 2.09. The van der Waals surface area contributed by atoms with Crippen LogP contribution in [0.25, 0.3) is 0 Å². The number of piperazine rings is 1. The Kier molecular flexibility index (Phi) is 5.67. The summed E-state index contributed by atoms with van der Waals surface area (Å²) in [5.74, 6) is 0.0327. The lowest BCUT2D eigenvalue weighted by Crippen LogP contribution is -2.47. The Labute approximate surface area is 127 Å². The Morgan fingerprint density at radius 3 is 2.57 bits per heavy atom. The summed E-state index contributed by atoms with van der Waals surface area (Å²) in [6, 6.07) is 3.92. The molecule has 0 unspecified atom stereocenters. The minimum atomic E-state index is 0.0327. The topological polar surface area (TPSA) is 72.5 Å². The van der Waals surface area contributed by atoms with Gasteiger partial charge in [0.25, 0.3) is 0 Å². The molecule has 0 radical (unpaired) electrons. The molecule has 0 saturated carbocycles. The van der Waals surface area contributed by atoms with Crippen molar-refractivity contribution in [2.24, 2.45) is 5.73 Å². The average Bonchev–Trinajstić information content (AvgIpc) is 2.47. The summed E-state index contributed by atoms with van der Waals surface area (Å²) < 4.78 is 0. The second-order valence-electron chi connectivity index (χ2n) is 5.88. The number of nitrogens with one attached hydrogen (secondary N) is 1. The van der Waals surface area contributed by atoms with Crippen LogP contribution in [-0.2, 0) is 6.54 Å². The first-order valence-electron chi connectivity index (χ1n) is 7.43. The lowest BCUT2D eigenvalue weighted by Gasteiger charge is -2.35. The summed E-state index contributed by atoms with van der Waals surface area (Å²) in [7, 11) is 4.23. The summed E-state index contributed by atoms with van der Waals surface area (Å²) in [4.78, 5) is 11.3. The zero-order valence-electron chi connectivity index (χ0n) is 13.0. The minimum Gasteiger partial charge on any atom is -0.382 e. The maximum absolute atomic E-state index is 7.45. The van der Waals surface area contributed by atoms with E-state index in [1.165, 1.54) is 5.56 Å². The second kappa shape index (κ2) is 7.49. The van der Waals surface area contributed by atoms with Crippen LogP contribution in [0.15, 0.2) is 18.3 Å². The van der Waals surface area contributed by atoms with Crippen LogP contribution in [0.4, 0.5) is 0 Å². The van der Waals surface area contributed by atoms with Crippen molar-refractivity contribution in [1.82, 2.24) is 19.7 Å². The molecule has 0 amide bonds. The first kappa shape index (κ1) is 15.9. The lowest BCUT2D eigenvalue weighted by atomic mass is 10.2. The average molecular weight is 290 g/mol. The summed E-state index contributed by atoms with van der Waals surface area (Å²) in [5, 5.41) is 7.45. The summed E-state index contributed by atoms with van der Waals surface area (Å²) >= 11 is 0. The molecule has 0 aliphatic carbocycles. The van der Waals surface area contributed by atoms with E-state index in [1.54, 1.807) is 6.20 Å². The fourth-order valence-corrected chi connectivity index (χ4v) is 2.49. The first-order valence-corrected chi connectivity index (χ1v) is 7.43. The number of hydrogen-bond acceptors (Lipinski definition) is 5. The van der Waals surface area contributed by atoms with E-state index < -0.39 is 0 Å². The lowest BCUT2D eigenvalue weighted by molar-refractivity contribution is 0.120. The van der Waals surface area contributed by atoms with Crippen molar-refractivity contribution in [1.29, 1.82) is 5.41 Å². The third-order valence-electron chi connectivity index (χ3n) is 3.83. The quantitative estimate of drug-likeness (QED) is 0.572. The maximum atomic E-state index is 7.45. The fraction of sp³-hybridized carbons (Fsp3) is 0.600. The van der Waals surface area contributed by atoms with E-state index in [0.717, 1.165) is 45.8 Å². The van der Waals surface area contributed by atoms with Crippen LogP contribution in [0.2, 0.25) is 0 Å². The van der Waals surface area contributed by atoms with Gasteiger partial charge in [-0.15, -0.1) is 0 Å². The van der Waals surface area contributed by atoms with Crippen LogP contribution in [0.1, 0.15) is 11.3 Å². The summed E-state index contributed by atoms with van der Waals surface area (Å²) in [5.41, 5.74) is 7.23. The molecule has 21 heavy (non-hydrogen) atoms. The smallest absolute Gasteiger partial charge is 0.141 e. The number of aromatic nitrogens is 1. The Morgan fingerprint density at radius 1 is 1.29 bits per heavy atom. The molecule has 1 aromatic rings. The zero-order valence-corrected chi connectivity index (χ0v) is 13.0. The number of hydrogen-bond donors (Lipinski definition) is 2. The van der Waals surface area contributed by atoms with Gasteiger partial charge in [-0.2, -0.15) is 0 Å². The van der Waals surface area contributed by atoms with Gasteiger partial charge in [0.2, 0.25) is 0 Å². The Balaban J connectivity index is 1.80. The van der Waals surface area contributed by atoms with Gasteiger partial charge in [0, 0.05) is 52.0 Å². The third kappa shape index (κ3) is 5.08. The van der Waals surface area contributed by atoms with Gasteiger partial charge in [-0.3, -0.25) is 20.2 Å². The molecule has 1 aliphatic rings. The van der Waals surface area contributed by atoms with Crippen LogP contribution in [0, 0.1) is 5.41 Å². The highest BCUT2D eigenvalue weighted by molar-refractivity contribution is 5.93. The second-order valence-corrected chi connectivity index (χ2v) is 5.88. The minimum absolute atomic E-state index is 0.0327. The van der Waals surface area contributed by atoms with Crippen LogP contribution >= 0.6 is 0 Å². The molecule has 1 aromatic heterocycles. The van der Waals surface area contributed by atoms with E-state index in [0.29, 0.717) is 5.69 Å². The molecule has 0 spiro atoms. The SMILES string of the molecule is CN(C)CCN1CCN(Cc2ccnc(C(=N)N)c2)CC1. The van der Waals surface area contributed by atoms with Crippen LogP contribution in [0.5, 0.6) is 0 Å².